The third kappa shape index (κ3) is 2.66. The van der Waals surface area contributed by atoms with Gasteiger partial charge >= 0.3 is 0 Å². The molecule has 0 aromatic heterocycles. The molecule has 1 nitrogen and oxygen atoms in total. The van der Waals surface area contributed by atoms with Crippen LogP contribution in [-0.2, 0) is 0 Å². The second kappa shape index (κ2) is 3.40. The first kappa shape index (κ1) is 8.79. The van der Waals surface area contributed by atoms with E-state index in [9.17, 15) is 0 Å². The summed E-state index contributed by atoms with van der Waals surface area (Å²) in [6.45, 7) is 12.2. The summed E-state index contributed by atoms with van der Waals surface area (Å²) in [5, 5.41) is 0. The van der Waals surface area contributed by atoms with E-state index in [-0.39, 0.29) is 0 Å². The molecule has 1 fully saturated rings. The summed E-state index contributed by atoms with van der Waals surface area (Å²) < 4.78 is 0. The molecule has 1 saturated heterocycles. The molecule has 0 amide bonds. The van der Waals surface area contributed by atoms with Crippen molar-refractivity contribution in [3.63, 3.8) is 0 Å². The first-order valence-electron chi connectivity index (χ1n) is 4.47. The van der Waals surface area contributed by atoms with E-state index in [0.29, 0.717) is 5.41 Å². The minimum absolute atomic E-state index is 0.557. The molecule has 0 N–H and O–H groups in total. The summed E-state index contributed by atoms with van der Waals surface area (Å²) >= 11 is 0. The number of rotatable bonds is 3. The fraction of sp³-hybridized carbons (Fsp3) is 0.800. The van der Waals surface area contributed by atoms with Crippen molar-refractivity contribution in [3.05, 3.63) is 12.7 Å². The molecule has 1 heteroatoms. The zero-order valence-corrected chi connectivity index (χ0v) is 7.77. The van der Waals surface area contributed by atoms with E-state index in [1.165, 1.54) is 26.1 Å². The molecule has 0 radical (unpaired) electrons. The van der Waals surface area contributed by atoms with Crippen molar-refractivity contribution in [1.82, 2.24) is 4.90 Å². The van der Waals surface area contributed by atoms with Crippen LogP contribution in [-0.4, -0.2) is 24.5 Å². The standard InChI is InChI=1S/C10H19N/c1-4-5-7-11-8-6-10(2,3)9-11/h4H,1,5-9H2,2-3H3. The lowest BCUT2D eigenvalue weighted by Gasteiger charge is -2.18. The Balaban J connectivity index is 2.24. The highest BCUT2D eigenvalue weighted by atomic mass is 15.1. The second-order valence-corrected chi connectivity index (χ2v) is 4.27. The maximum atomic E-state index is 3.73. The minimum Gasteiger partial charge on any atom is -0.302 e. The van der Waals surface area contributed by atoms with Gasteiger partial charge in [0, 0.05) is 13.1 Å². The molecule has 0 atom stereocenters. The summed E-state index contributed by atoms with van der Waals surface area (Å²) in [5.74, 6) is 0. The smallest absolute Gasteiger partial charge is 0.00333 e. The van der Waals surface area contributed by atoms with Gasteiger partial charge in [0.15, 0.2) is 0 Å². The molecular weight excluding hydrogens is 134 g/mol. The average Bonchev–Trinajstić information content (AvgIpc) is 2.26. The van der Waals surface area contributed by atoms with Gasteiger partial charge in [-0.15, -0.1) is 6.58 Å². The van der Waals surface area contributed by atoms with Gasteiger partial charge in [0.2, 0.25) is 0 Å². The molecule has 0 aromatic rings. The number of likely N-dealkylation sites (tertiary alicyclic amines) is 1. The fourth-order valence-electron chi connectivity index (χ4n) is 1.69. The molecule has 1 aliphatic heterocycles. The maximum absolute atomic E-state index is 3.73. The average molecular weight is 153 g/mol. The molecule has 1 heterocycles. The Kier molecular flexibility index (Phi) is 2.72. The molecule has 0 saturated carbocycles. The molecule has 0 unspecified atom stereocenters. The Hall–Kier alpha value is -0.300. The van der Waals surface area contributed by atoms with Gasteiger partial charge in [-0.3, -0.25) is 0 Å². The zero-order chi connectivity index (χ0) is 8.32. The van der Waals surface area contributed by atoms with Crippen molar-refractivity contribution in [1.29, 1.82) is 0 Å². The van der Waals surface area contributed by atoms with Crippen LogP contribution < -0.4 is 0 Å². The minimum atomic E-state index is 0.557. The largest absolute Gasteiger partial charge is 0.302 e. The summed E-state index contributed by atoms with van der Waals surface area (Å²) in [5.41, 5.74) is 0.557. The van der Waals surface area contributed by atoms with Crippen molar-refractivity contribution in [2.75, 3.05) is 19.6 Å². The van der Waals surface area contributed by atoms with Crippen LogP contribution in [0.15, 0.2) is 12.7 Å². The van der Waals surface area contributed by atoms with Gasteiger partial charge in [0.05, 0.1) is 0 Å². The molecule has 1 rings (SSSR count). The quantitative estimate of drug-likeness (QED) is 0.562. The Labute approximate surface area is 70.1 Å². The second-order valence-electron chi connectivity index (χ2n) is 4.27. The first-order valence-corrected chi connectivity index (χ1v) is 4.47. The van der Waals surface area contributed by atoms with Gasteiger partial charge in [-0.25, -0.2) is 0 Å². The lowest BCUT2D eigenvalue weighted by Crippen LogP contribution is -2.23. The Bertz CT molecular complexity index is 138. The van der Waals surface area contributed by atoms with Gasteiger partial charge in [0.25, 0.3) is 0 Å². The van der Waals surface area contributed by atoms with Crippen LogP contribution in [0.25, 0.3) is 0 Å². The molecule has 11 heavy (non-hydrogen) atoms. The third-order valence-corrected chi connectivity index (χ3v) is 2.41. The van der Waals surface area contributed by atoms with Crippen LogP contribution in [0, 0.1) is 5.41 Å². The predicted octanol–water partition coefficient (Wildman–Crippen LogP) is 2.29. The van der Waals surface area contributed by atoms with Crippen molar-refractivity contribution < 1.29 is 0 Å². The molecule has 1 aliphatic rings. The highest BCUT2D eigenvalue weighted by Gasteiger charge is 2.28. The van der Waals surface area contributed by atoms with E-state index in [1.54, 1.807) is 0 Å². The summed E-state index contributed by atoms with van der Waals surface area (Å²) in [6.07, 6.45) is 4.49. The van der Waals surface area contributed by atoms with Crippen LogP contribution >= 0.6 is 0 Å². The predicted molar refractivity (Wildman–Crippen MR) is 49.7 cm³/mol. The lowest BCUT2D eigenvalue weighted by atomic mass is 9.93. The van der Waals surface area contributed by atoms with E-state index in [0.717, 1.165) is 6.42 Å². The van der Waals surface area contributed by atoms with Gasteiger partial charge in [-0.2, -0.15) is 0 Å². The van der Waals surface area contributed by atoms with Gasteiger partial charge in [-0.05, 0) is 24.8 Å². The van der Waals surface area contributed by atoms with Crippen molar-refractivity contribution in [2.45, 2.75) is 26.7 Å². The van der Waals surface area contributed by atoms with Crippen LogP contribution in [0.2, 0.25) is 0 Å². The summed E-state index contributed by atoms with van der Waals surface area (Å²) in [7, 11) is 0. The topological polar surface area (TPSA) is 3.24 Å². The number of nitrogens with zero attached hydrogens (tertiary/aromatic N) is 1. The zero-order valence-electron chi connectivity index (χ0n) is 7.77. The number of hydrogen-bond acceptors (Lipinski definition) is 1. The molecule has 0 aromatic carbocycles. The number of hydrogen-bond donors (Lipinski definition) is 0. The van der Waals surface area contributed by atoms with E-state index in [4.69, 9.17) is 0 Å². The first-order chi connectivity index (χ1) is 5.14. The van der Waals surface area contributed by atoms with Crippen molar-refractivity contribution in [3.8, 4) is 0 Å². The normalized spacial score (nSPS) is 23.8. The SMILES string of the molecule is C=CCCN1CCC(C)(C)C1. The van der Waals surface area contributed by atoms with E-state index < -0.39 is 0 Å². The summed E-state index contributed by atoms with van der Waals surface area (Å²) in [4.78, 5) is 2.53. The van der Waals surface area contributed by atoms with Crippen molar-refractivity contribution in [2.24, 2.45) is 5.41 Å². The van der Waals surface area contributed by atoms with Gasteiger partial charge < -0.3 is 4.90 Å². The highest BCUT2D eigenvalue weighted by molar-refractivity contribution is 4.83. The Morgan fingerprint density at radius 1 is 1.55 bits per heavy atom. The molecule has 0 bridgehead atoms. The molecule has 64 valence electrons. The third-order valence-electron chi connectivity index (χ3n) is 2.41. The summed E-state index contributed by atoms with van der Waals surface area (Å²) in [6, 6.07) is 0. The van der Waals surface area contributed by atoms with Crippen LogP contribution in [0.4, 0.5) is 0 Å². The monoisotopic (exact) mass is 153 g/mol. The molecule has 0 aliphatic carbocycles. The van der Waals surface area contributed by atoms with Crippen LogP contribution in [0.1, 0.15) is 26.7 Å². The molecular formula is C10H19N. The fourth-order valence-corrected chi connectivity index (χ4v) is 1.69. The lowest BCUT2D eigenvalue weighted by molar-refractivity contribution is 0.295. The van der Waals surface area contributed by atoms with Crippen molar-refractivity contribution >= 4 is 0 Å². The van der Waals surface area contributed by atoms with Crippen LogP contribution in [0.5, 0.6) is 0 Å². The van der Waals surface area contributed by atoms with E-state index in [2.05, 4.69) is 25.3 Å². The molecule has 0 spiro atoms. The van der Waals surface area contributed by atoms with E-state index in [1.807, 2.05) is 6.08 Å². The Morgan fingerprint density at radius 2 is 2.27 bits per heavy atom. The highest BCUT2D eigenvalue weighted by Crippen LogP contribution is 2.28. The Morgan fingerprint density at radius 3 is 2.73 bits per heavy atom. The van der Waals surface area contributed by atoms with Crippen LogP contribution in [0.3, 0.4) is 0 Å². The van der Waals surface area contributed by atoms with Gasteiger partial charge in [-0.1, -0.05) is 19.9 Å². The maximum Gasteiger partial charge on any atom is 0.00333 e. The van der Waals surface area contributed by atoms with Gasteiger partial charge in [0.1, 0.15) is 0 Å². The van der Waals surface area contributed by atoms with E-state index >= 15 is 0 Å².